The highest BCUT2D eigenvalue weighted by Gasteiger charge is 2.01. The van der Waals surface area contributed by atoms with Crippen LogP contribution in [0.5, 0.6) is 5.75 Å². The van der Waals surface area contributed by atoms with Gasteiger partial charge < -0.3 is 15.8 Å². The second-order valence-corrected chi connectivity index (χ2v) is 3.90. The van der Waals surface area contributed by atoms with Crippen LogP contribution in [0.3, 0.4) is 0 Å². The van der Waals surface area contributed by atoms with Crippen molar-refractivity contribution in [2.75, 3.05) is 19.7 Å². The highest BCUT2D eigenvalue weighted by Crippen LogP contribution is 2.16. The van der Waals surface area contributed by atoms with Crippen LogP contribution in [0.1, 0.15) is 32.8 Å². The van der Waals surface area contributed by atoms with Crippen molar-refractivity contribution in [3.63, 3.8) is 0 Å². The van der Waals surface area contributed by atoms with Gasteiger partial charge in [-0.15, -0.1) is 0 Å². The van der Waals surface area contributed by atoms with Crippen LogP contribution in [0.15, 0.2) is 24.3 Å². The minimum atomic E-state index is 0.335. The number of nitrogens with zero attached hydrogens (tertiary/aromatic N) is 1. The number of benzene rings is 1. The van der Waals surface area contributed by atoms with Gasteiger partial charge in [0.15, 0.2) is 0 Å². The van der Waals surface area contributed by atoms with Gasteiger partial charge in [0, 0.05) is 12.6 Å². The van der Waals surface area contributed by atoms with E-state index in [4.69, 9.17) is 15.7 Å². The second kappa shape index (κ2) is 11.5. The topological polar surface area (TPSA) is 71.1 Å². The van der Waals surface area contributed by atoms with Crippen LogP contribution >= 0.6 is 0 Å². The molecule has 0 aromatic heterocycles. The molecule has 106 valence electrons. The molecule has 1 atom stereocenters. The van der Waals surface area contributed by atoms with Gasteiger partial charge in [0.25, 0.3) is 0 Å². The molecule has 0 bridgehead atoms. The van der Waals surface area contributed by atoms with E-state index in [0.29, 0.717) is 30.5 Å². The van der Waals surface area contributed by atoms with Crippen molar-refractivity contribution in [1.82, 2.24) is 5.32 Å². The first-order chi connectivity index (χ1) is 9.27. The van der Waals surface area contributed by atoms with Crippen molar-refractivity contribution >= 4 is 0 Å². The van der Waals surface area contributed by atoms with E-state index in [-0.39, 0.29) is 0 Å². The Balaban J connectivity index is 0.00000154. The highest BCUT2D eigenvalue weighted by atomic mass is 16.5. The molecule has 0 saturated heterocycles. The summed E-state index contributed by atoms with van der Waals surface area (Å²) in [6.07, 6.45) is 0.893. The van der Waals surface area contributed by atoms with Gasteiger partial charge in [0.1, 0.15) is 11.8 Å². The SMILES string of the molecule is CC.CC(CN)NCCCOc1ccccc1C#N. The van der Waals surface area contributed by atoms with Crippen molar-refractivity contribution in [3.05, 3.63) is 29.8 Å². The lowest BCUT2D eigenvalue weighted by molar-refractivity contribution is 0.305. The highest BCUT2D eigenvalue weighted by molar-refractivity contribution is 5.42. The van der Waals surface area contributed by atoms with Crippen LogP contribution in [0.4, 0.5) is 0 Å². The number of hydrogen-bond acceptors (Lipinski definition) is 4. The predicted molar refractivity (Wildman–Crippen MR) is 79.1 cm³/mol. The lowest BCUT2D eigenvalue weighted by atomic mass is 10.2. The molecule has 0 radical (unpaired) electrons. The molecule has 0 aliphatic carbocycles. The third-order valence-corrected chi connectivity index (χ3v) is 2.43. The molecule has 0 fully saturated rings. The zero-order chi connectivity index (χ0) is 14.5. The van der Waals surface area contributed by atoms with Gasteiger partial charge in [-0.25, -0.2) is 0 Å². The normalized spacial score (nSPS) is 10.9. The molecule has 1 aromatic rings. The average molecular weight is 263 g/mol. The van der Waals surface area contributed by atoms with Crippen LogP contribution in [0.25, 0.3) is 0 Å². The number of para-hydroxylation sites is 1. The maximum absolute atomic E-state index is 8.87. The molecule has 0 saturated carbocycles. The van der Waals surface area contributed by atoms with Crippen LogP contribution in [-0.4, -0.2) is 25.7 Å². The fourth-order valence-electron chi connectivity index (χ4n) is 1.37. The van der Waals surface area contributed by atoms with Crippen LogP contribution < -0.4 is 15.8 Å². The van der Waals surface area contributed by atoms with Gasteiger partial charge in [-0.2, -0.15) is 5.26 Å². The standard InChI is InChI=1S/C13H19N3O.C2H6/c1-11(9-14)16-7-4-8-17-13-6-3-2-5-12(13)10-15;1-2/h2-3,5-6,11,16H,4,7-9,14H2,1H3;1-2H3. The Bertz CT molecular complexity index is 374. The van der Waals surface area contributed by atoms with Gasteiger partial charge in [-0.05, 0) is 32.0 Å². The summed E-state index contributed by atoms with van der Waals surface area (Å²) in [6, 6.07) is 9.70. The molecule has 0 aliphatic heterocycles. The first kappa shape index (κ1) is 17.4. The summed E-state index contributed by atoms with van der Waals surface area (Å²) in [6.45, 7) is 8.15. The molecule has 0 heterocycles. The minimum Gasteiger partial charge on any atom is -0.492 e. The van der Waals surface area contributed by atoms with Gasteiger partial charge in [0.2, 0.25) is 0 Å². The summed E-state index contributed by atoms with van der Waals surface area (Å²) in [5.74, 6) is 0.655. The van der Waals surface area contributed by atoms with E-state index in [2.05, 4.69) is 11.4 Å². The average Bonchev–Trinajstić information content (AvgIpc) is 2.49. The Hall–Kier alpha value is -1.57. The Kier molecular flexibility index (Phi) is 10.6. The van der Waals surface area contributed by atoms with Crippen molar-refractivity contribution in [2.45, 2.75) is 33.2 Å². The van der Waals surface area contributed by atoms with Crippen LogP contribution in [0.2, 0.25) is 0 Å². The number of hydrogen-bond donors (Lipinski definition) is 2. The van der Waals surface area contributed by atoms with E-state index in [9.17, 15) is 0 Å². The number of ether oxygens (including phenoxy) is 1. The second-order valence-electron chi connectivity index (χ2n) is 3.90. The van der Waals surface area contributed by atoms with Crippen molar-refractivity contribution in [1.29, 1.82) is 5.26 Å². The molecule has 1 aromatic carbocycles. The lowest BCUT2D eigenvalue weighted by Crippen LogP contribution is -2.34. The Labute approximate surface area is 116 Å². The number of nitrogens with one attached hydrogen (secondary N) is 1. The van der Waals surface area contributed by atoms with E-state index >= 15 is 0 Å². The summed E-state index contributed by atoms with van der Waals surface area (Å²) in [7, 11) is 0. The van der Waals surface area contributed by atoms with Gasteiger partial charge in [-0.1, -0.05) is 26.0 Å². The van der Waals surface area contributed by atoms with Crippen molar-refractivity contribution in [2.24, 2.45) is 5.73 Å². The maximum atomic E-state index is 8.87. The molecule has 4 nitrogen and oxygen atoms in total. The third-order valence-electron chi connectivity index (χ3n) is 2.43. The monoisotopic (exact) mass is 263 g/mol. The molecular formula is C15H25N3O. The molecule has 0 aliphatic rings. The summed E-state index contributed by atoms with van der Waals surface area (Å²) >= 11 is 0. The largest absolute Gasteiger partial charge is 0.492 e. The van der Waals surface area contributed by atoms with E-state index in [0.717, 1.165) is 13.0 Å². The lowest BCUT2D eigenvalue weighted by Gasteiger charge is -2.11. The van der Waals surface area contributed by atoms with Crippen LogP contribution in [-0.2, 0) is 0 Å². The van der Waals surface area contributed by atoms with Crippen LogP contribution in [0, 0.1) is 11.3 Å². The van der Waals surface area contributed by atoms with Crippen molar-refractivity contribution in [3.8, 4) is 11.8 Å². The maximum Gasteiger partial charge on any atom is 0.137 e. The first-order valence-corrected chi connectivity index (χ1v) is 6.83. The molecular weight excluding hydrogens is 238 g/mol. The van der Waals surface area contributed by atoms with E-state index in [1.165, 1.54) is 0 Å². The fraction of sp³-hybridized carbons (Fsp3) is 0.533. The van der Waals surface area contributed by atoms with Gasteiger partial charge in [0.05, 0.1) is 12.2 Å². The van der Waals surface area contributed by atoms with Crippen molar-refractivity contribution < 1.29 is 4.74 Å². The molecule has 19 heavy (non-hydrogen) atoms. The summed E-state index contributed by atoms with van der Waals surface area (Å²) in [4.78, 5) is 0. The summed E-state index contributed by atoms with van der Waals surface area (Å²) in [5.41, 5.74) is 6.07. The smallest absolute Gasteiger partial charge is 0.137 e. The third kappa shape index (κ3) is 7.45. The summed E-state index contributed by atoms with van der Waals surface area (Å²) in [5, 5.41) is 12.1. The van der Waals surface area contributed by atoms with E-state index < -0.39 is 0 Å². The number of nitrogens with two attached hydrogens (primary N) is 1. The number of nitriles is 1. The quantitative estimate of drug-likeness (QED) is 0.740. The van der Waals surface area contributed by atoms with Gasteiger partial charge in [-0.3, -0.25) is 0 Å². The molecule has 1 rings (SSSR count). The minimum absolute atomic E-state index is 0.335. The fourth-order valence-corrected chi connectivity index (χ4v) is 1.37. The first-order valence-electron chi connectivity index (χ1n) is 6.83. The number of rotatable bonds is 7. The molecule has 3 N–H and O–H groups in total. The molecule has 1 unspecified atom stereocenters. The predicted octanol–water partition coefficient (Wildman–Crippen LogP) is 2.29. The molecule has 0 amide bonds. The molecule has 4 heteroatoms. The Morgan fingerprint density at radius 1 is 1.37 bits per heavy atom. The van der Waals surface area contributed by atoms with Gasteiger partial charge >= 0.3 is 0 Å². The summed E-state index contributed by atoms with van der Waals surface area (Å²) < 4.78 is 5.55. The van der Waals surface area contributed by atoms with E-state index in [1.807, 2.05) is 39.0 Å². The molecule has 0 spiro atoms. The zero-order valence-electron chi connectivity index (χ0n) is 12.1. The van der Waals surface area contributed by atoms with E-state index in [1.54, 1.807) is 6.07 Å². The Morgan fingerprint density at radius 3 is 2.68 bits per heavy atom. The zero-order valence-corrected chi connectivity index (χ0v) is 12.1. The Morgan fingerprint density at radius 2 is 2.05 bits per heavy atom.